The van der Waals surface area contributed by atoms with Crippen molar-refractivity contribution in [1.82, 2.24) is 0 Å². The summed E-state index contributed by atoms with van der Waals surface area (Å²) in [5, 5.41) is 2.42. The third-order valence-corrected chi connectivity index (χ3v) is 3.08. The molecule has 0 spiro atoms. The minimum atomic E-state index is -0.718. The zero-order valence-corrected chi connectivity index (χ0v) is 12.9. The van der Waals surface area contributed by atoms with Crippen LogP contribution < -0.4 is 5.32 Å². The highest BCUT2D eigenvalue weighted by molar-refractivity contribution is 5.94. The van der Waals surface area contributed by atoms with Gasteiger partial charge in [-0.3, -0.25) is 4.79 Å². The highest BCUT2D eigenvalue weighted by Gasteiger charge is 2.07. The molecule has 0 radical (unpaired) electrons. The first-order valence-electron chi connectivity index (χ1n) is 7.10. The molecule has 2 aromatic rings. The van der Waals surface area contributed by atoms with Gasteiger partial charge in [0.15, 0.2) is 6.61 Å². The molecule has 1 amide bonds. The van der Waals surface area contributed by atoms with Crippen LogP contribution >= 0.6 is 0 Å². The molecule has 0 saturated carbocycles. The lowest BCUT2D eigenvalue weighted by Crippen LogP contribution is -2.20. The quantitative estimate of drug-likeness (QED) is 0.674. The van der Waals surface area contributed by atoms with Gasteiger partial charge in [-0.15, -0.1) is 0 Å². The first kappa shape index (κ1) is 17.3. The van der Waals surface area contributed by atoms with Crippen LogP contribution in [-0.2, 0) is 14.3 Å². The molecular formula is C18H15F2NO3. The van der Waals surface area contributed by atoms with E-state index in [0.717, 1.165) is 6.08 Å². The summed E-state index contributed by atoms with van der Waals surface area (Å²) < 4.78 is 30.9. The van der Waals surface area contributed by atoms with Gasteiger partial charge in [0.2, 0.25) is 0 Å². The molecule has 24 heavy (non-hydrogen) atoms. The minimum absolute atomic E-state index is 0.279. The number of anilines is 1. The summed E-state index contributed by atoms with van der Waals surface area (Å²) in [6.45, 7) is 1.11. The standard InChI is InChI=1S/C18H15F2NO3/c1-12-2-8-15(10-16(12)20)21-17(22)11-24-18(23)9-5-13-3-6-14(19)7-4-13/h2-10H,11H2,1H3,(H,21,22)/b9-5+. The maximum absolute atomic E-state index is 13.4. The van der Waals surface area contributed by atoms with Crippen molar-refractivity contribution < 1.29 is 23.1 Å². The number of hydrogen-bond acceptors (Lipinski definition) is 3. The first-order chi connectivity index (χ1) is 11.4. The van der Waals surface area contributed by atoms with Gasteiger partial charge in [-0.2, -0.15) is 0 Å². The first-order valence-corrected chi connectivity index (χ1v) is 7.10. The van der Waals surface area contributed by atoms with Crippen molar-refractivity contribution >= 4 is 23.6 Å². The van der Waals surface area contributed by atoms with E-state index < -0.39 is 24.3 Å². The molecule has 0 atom stereocenters. The third-order valence-electron chi connectivity index (χ3n) is 3.08. The van der Waals surface area contributed by atoms with E-state index in [4.69, 9.17) is 4.74 Å². The second-order valence-corrected chi connectivity index (χ2v) is 5.00. The Hall–Kier alpha value is -3.02. The van der Waals surface area contributed by atoms with Crippen LogP contribution in [0.25, 0.3) is 6.08 Å². The van der Waals surface area contributed by atoms with Crippen LogP contribution in [0.2, 0.25) is 0 Å². The van der Waals surface area contributed by atoms with Gasteiger partial charge in [0.05, 0.1) is 0 Å². The molecule has 2 rings (SSSR count). The van der Waals surface area contributed by atoms with Gasteiger partial charge in [0, 0.05) is 11.8 Å². The van der Waals surface area contributed by atoms with Crippen LogP contribution in [0.1, 0.15) is 11.1 Å². The normalized spacial score (nSPS) is 10.6. The predicted octanol–water partition coefficient (Wildman–Crippen LogP) is 3.47. The Morgan fingerprint density at radius 2 is 1.83 bits per heavy atom. The van der Waals surface area contributed by atoms with Crippen LogP contribution in [0.4, 0.5) is 14.5 Å². The lowest BCUT2D eigenvalue weighted by atomic mass is 10.2. The Kier molecular flexibility index (Phi) is 5.78. The van der Waals surface area contributed by atoms with Crippen molar-refractivity contribution in [3.8, 4) is 0 Å². The molecule has 0 aliphatic heterocycles. The zero-order valence-electron chi connectivity index (χ0n) is 12.9. The zero-order chi connectivity index (χ0) is 17.5. The Morgan fingerprint density at radius 3 is 2.50 bits per heavy atom. The topological polar surface area (TPSA) is 55.4 Å². The van der Waals surface area contributed by atoms with Crippen molar-refractivity contribution in [1.29, 1.82) is 0 Å². The SMILES string of the molecule is Cc1ccc(NC(=O)COC(=O)/C=C/c2ccc(F)cc2)cc1F. The highest BCUT2D eigenvalue weighted by Crippen LogP contribution is 2.13. The lowest BCUT2D eigenvalue weighted by molar-refractivity contribution is -0.142. The Bertz CT molecular complexity index is 770. The van der Waals surface area contributed by atoms with Gasteiger partial charge in [-0.1, -0.05) is 18.2 Å². The van der Waals surface area contributed by atoms with E-state index in [1.54, 1.807) is 13.0 Å². The summed E-state index contributed by atoms with van der Waals surface area (Å²) in [6.07, 6.45) is 2.57. The molecule has 0 aliphatic rings. The average molecular weight is 331 g/mol. The van der Waals surface area contributed by atoms with Gasteiger partial charge < -0.3 is 10.1 Å². The van der Waals surface area contributed by atoms with Crippen molar-refractivity contribution in [2.24, 2.45) is 0 Å². The van der Waals surface area contributed by atoms with Crippen LogP contribution in [0, 0.1) is 18.6 Å². The van der Waals surface area contributed by atoms with E-state index >= 15 is 0 Å². The third kappa shape index (κ3) is 5.31. The fraction of sp³-hybridized carbons (Fsp3) is 0.111. The molecule has 0 aromatic heterocycles. The number of carbonyl (C=O) groups excluding carboxylic acids is 2. The molecule has 0 fully saturated rings. The van der Waals surface area contributed by atoms with Gasteiger partial charge in [0.25, 0.3) is 5.91 Å². The Labute approximate surface area is 137 Å². The number of ether oxygens (including phenoxy) is 1. The van der Waals surface area contributed by atoms with E-state index in [0.29, 0.717) is 11.1 Å². The number of amides is 1. The number of nitrogens with one attached hydrogen (secondary N) is 1. The number of rotatable bonds is 5. The van der Waals surface area contributed by atoms with Crippen molar-refractivity contribution in [2.45, 2.75) is 6.92 Å². The van der Waals surface area contributed by atoms with E-state index in [2.05, 4.69) is 5.32 Å². The van der Waals surface area contributed by atoms with Gasteiger partial charge in [-0.25, -0.2) is 13.6 Å². The number of hydrogen-bond donors (Lipinski definition) is 1. The number of halogens is 2. The van der Waals surface area contributed by atoms with E-state index in [1.165, 1.54) is 42.5 Å². The van der Waals surface area contributed by atoms with Gasteiger partial charge in [-0.05, 0) is 48.4 Å². The molecule has 2 aromatic carbocycles. The molecule has 124 valence electrons. The molecule has 6 heteroatoms. The van der Waals surface area contributed by atoms with Gasteiger partial charge >= 0.3 is 5.97 Å². The van der Waals surface area contributed by atoms with E-state index in [-0.39, 0.29) is 11.5 Å². The summed E-state index contributed by atoms with van der Waals surface area (Å²) in [5.41, 5.74) is 1.36. The molecule has 0 unspecified atom stereocenters. The molecule has 0 heterocycles. The summed E-state index contributed by atoms with van der Waals surface area (Å²) in [6, 6.07) is 9.78. The number of aryl methyl sites for hydroxylation is 1. The number of benzene rings is 2. The highest BCUT2D eigenvalue weighted by atomic mass is 19.1. The smallest absolute Gasteiger partial charge is 0.331 e. The molecule has 1 N–H and O–H groups in total. The van der Waals surface area contributed by atoms with E-state index in [9.17, 15) is 18.4 Å². The molecule has 0 aliphatic carbocycles. The maximum Gasteiger partial charge on any atom is 0.331 e. The van der Waals surface area contributed by atoms with Crippen LogP contribution in [0.3, 0.4) is 0 Å². The molecule has 0 saturated heterocycles. The second kappa shape index (κ2) is 8.01. The fourth-order valence-electron chi connectivity index (χ4n) is 1.79. The predicted molar refractivity (Wildman–Crippen MR) is 86.2 cm³/mol. The summed E-state index contributed by atoms with van der Waals surface area (Å²) in [4.78, 5) is 23.2. The summed E-state index contributed by atoms with van der Waals surface area (Å²) >= 11 is 0. The van der Waals surface area contributed by atoms with E-state index in [1.807, 2.05) is 0 Å². The van der Waals surface area contributed by atoms with Crippen LogP contribution in [-0.4, -0.2) is 18.5 Å². The van der Waals surface area contributed by atoms with Crippen molar-refractivity contribution in [3.63, 3.8) is 0 Å². The average Bonchev–Trinajstić information content (AvgIpc) is 2.56. The fourth-order valence-corrected chi connectivity index (χ4v) is 1.79. The van der Waals surface area contributed by atoms with Gasteiger partial charge in [0.1, 0.15) is 11.6 Å². The molecule has 4 nitrogen and oxygen atoms in total. The Balaban J connectivity index is 1.81. The number of carbonyl (C=O) groups is 2. The van der Waals surface area contributed by atoms with Crippen LogP contribution in [0.15, 0.2) is 48.5 Å². The molecule has 0 bridgehead atoms. The van der Waals surface area contributed by atoms with Crippen LogP contribution in [0.5, 0.6) is 0 Å². The second-order valence-electron chi connectivity index (χ2n) is 5.00. The molecular weight excluding hydrogens is 316 g/mol. The van der Waals surface area contributed by atoms with Crippen molar-refractivity contribution in [3.05, 3.63) is 71.3 Å². The number of esters is 1. The lowest BCUT2D eigenvalue weighted by Gasteiger charge is -2.06. The summed E-state index contributed by atoms with van der Waals surface area (Å²) in [5.74, 6) is -2.11. The minimum Gasteiger partial charge on any atom is -0.452 e. The monoisotopic (exact) mass is 331 g/mol. The largest absolute Gasteiger partial charge is 0.452 e. The Morgan fingerprint density at radius 1 is 1.12 bits per heavy atom. The van der Waals surface area contributed by atoms with Crippen molar-refractivity contribution in [2.75, 3.05) is 11.9 Å². The maximum atomic E-state index is 13.4. The summed E-state index contributed by atoms with van der Waals surface area (Å²) in [7, 11) is 0.